The van der Waals surface area contributed by atoms with Crippen LogP contribution >= 0.6 is 0 Å². The zero-order chi connectivity index (χ0) is 23.2. The monoisotopic (exact) mass is 450 g/mol. The van der Waals surface area contributed by atoms with Crippen molar-refractivity contribution in [3.8, 4) is 28.7 Å². The van der Waals surface area contributed by atoms with E-state index in [0.717, 1.165) is 6.07 Å². The van der Waals surface area contributed by atoms with Gasteiger partial charge in [0.05, 0.1) is 13.0 Å². The Kier molecular flexibility index (Phi) is 5.84. The fourth-order valence-corrected chi connectivity index (χ4v) is 3.72. The molecule has 4 rings (SSSR count). The van der Waals surface area contributed by atoms with Crippen LogP contribution < -0.4 is 9.47 Å². The molecule has 0 radical (unpaired) electrons. The molecule has 0 aliphatic carbocycles. The fraction of sp³-hybridized carbons (Fsp3) is 0.381. The maximum Gasteiger partial charge on any atom is 0.229 e. The summed E-state index contributed by atoms with van der Waals surface area (Å²) in [6.07, 6.45) is -9.02. The molecular weight excluding hydrogens is 428 g/mol. The zero-order valence-electron chi connectivity index (χ0n) is 16.5. The van der Waals surface area contributed by atoms with Gasteiger partial charge in [0.2, 0.25) is 12.0 Å². The Bertz CT molecular complexity index is 1000. The molecule has 6 atom stereocenters. The predicted octanol–water partition coefficient (Wildman–Crippen LogP) is -0.311. The SMILES string of the molecule is O=C1CC(c2ccc(O)cc2)Oc2c(O[C@@H]3OC(CO)[C@@H](O)[C@H](O)C3O)c(O)cc(O)c21. The lowest BCUT2D eigenvalue weighted by Gasteiger charge is -2.40. The molecule has 7 N–H and O–H groups in total. The van der Waals surface area contributed by atoms with Gasteiger partial charge in [-0.1, -0.05) is 12.1 Å². The van der Waals surface area contributed by atoms with E-state index < -0.39 is 66.4 Å². The number of hydrogen-bond acceptors (Lipinski definition) is 11. The van der Waals surface area contributed by atoms with Crippen molar-refractivity contribution in [1.29, 1.82) is 0 Å². The van der Waals surface area contributed by atoms with Crippen molar-refractivity contribution in [2.24, 2.45) is 0 Å². The first-order valence-electron chi connectivity index (χ1n) is 9.76. The molecule has 3 unspecified atom stereocenters. The predicted molar refractivity (Wildman–Crippen MR) is 105 cm³/mol. The first kappa shape index (κ1) is 22.1. The lowest BCUT2D eigenvalue weighted by Crippen LogP contribution is -2.60. The maximum absolute atomic E-state index is 12.8. The van der Waals surface area contributed by atoms with Gasteiger partial charge in [0.25, 0.3) is 0 Å². The Morgan fingerprint density at radius 2 is 1.66 bits per heavy atom. The lowest BCUT2D eigenvalue weighted by atomic mass is 9.95. The number of benzene rings is 2. The Morgan fingerprint density at radius 3 is 2.31 bits per heavy atom. The number of aliphatic hydroxyl groups excluding tert-OH is 4. The van der Waals surface area contributed by atoms with Crippen molar-refractivity contribution >= 4 is 5.78 Å². The highest BCUT2D eigenvalue weighted by Crippen LogP contribution is 2.50. The smallest absolute Gasteiger partial charge is 0.229 e. The molecule has 2 heterocycles. The number of Topliss-reactive ketones (excluding diaryl/α,β-unsaturated/α-hetero) is 1. The highest BCUT2D eigenvalue weighted by atomic mass is 16.7. The number of aromatic hydroxyl groups is 3. The molecule has 1 fully saturated rings. The summed E-state index contributed by atoms with van der Waals surface area (Å²) in [4.78, 5) is 12.8. The van der Waals surface area contributed by atoms with Crippen LogP contribution in [-0.2, 0) is 4.74 Å². The van der Waals surface area contributed by atoms with Gasteiger partial charge in [-0.15, -0.1) is 0 Å². The third-order valence-corrected chi connectivity index (χ3v) is 5.45. The molecule has 2 aliphatic heterocycles. The molecule has 2 aromatic rings. The second-order valence-corrected chi connectivity index (χ2v) is 7.59. The summed E-state index contributed by atoms with van der Waals surface area (Å²) in [6.45, 7) is -0.692. The van der Waals surface area contributed by atoms with Crippen LogP contribution in [0.3, 0.4) is 0 Å². The summed E-state index contributed by atoms with van der Waals surface area (Å²) in [6, 6.07) is 6.76. The van der Waals surface area contributed by atoms with Gasteiger partial charge in [-0.25, -0.2) is 0 Å². The zero-order valence-corrected chi connectivity index (χ0v) is 16.5. The number of rotatable bonds is 4. The highest BCUT2D eigenvalue weighted by molar-refractivity contribution is 6.03. The Hall–Kier alpha value is -3.09. The molecule has 0 aromatic heterocycles. The molecule has 2 aliphatic rings. The molecule has 11 nitrogen and oxygen atoms in total. The first-order chi connectivity index (χ1) is 15.2. The number of carbonyl (C=O) groups excluding carboxylic acids is 1. The van der Waals surface area contributed by atoms with E-state index in [1.54, 1.807) is 12.1 Å². The number of fused-ring (bicyclic) bond motifs is 1. The number of phenolic OH excluding ortho intramolecular Hbond substituents is 3. The first-order valence-corrected chi connectivity index (χ1v) is 9.76. The fourth-order valence-electron chi connectivity index (χ4n) is 3.72. The van der Waals surface area contributed by atoms with Crippen LogP contribution in [0.4, 0.5) is 0 Å². The van der Waals surface area contributed by atoms with Gasteiger partial charge in [0.15, 0.2) is 17.3 Å². The molecule has 0 saturated carbocycles. The lowest BCUT2D eigenvalue weighted by molar-refractivity contribution is -0.277. The Balaban J connectivity index is 1.71. The largest absolute Gasteiger partial charge is 0.508 e. The topological polar surface area (TPSA) is 186 Å². The van der Waals surface area contributed by atoms with Gasteiger partial charge in [-0.05, 0) is 17.7 Å². The Labute approximate surface area is 181 Å². The quantitative estimate of drug-likeness (QED) is 0.324. The van der Waals surface area contributed by atoms with Crippen molar-refractivity contribution in [1.82, 2.24) is 0 Å². The van der Waals surface area contributed by atoms with E-state index in [2.05, 4.69) is 0 Å². The van der Waals surface area contributed by atoms with Crippen LogP contribution in [0.25, 0.3) is 0 Å². The van der Waals surface area contributed by atoms with E-state index in [1.807, 2.05) is 0 Å². The highest BCUT2D eigenvalue weighted by Gasteiger charge is 2.46. The van der Waals surface area contributed by atoms with Crippen molar-refractivity contribution in [3.63, 3.8) is 0 Å². The van der Waals surface area contributed by atoms with Gasteiger partial charge in [-0.3, -0.25) is 4.79 Å². The summed E-state index contributed by atoms with van der Waals surface area (Å²) in [5.41, 5.74) is 0.279. The molecule has 172 valence electrons. The molecule has 0 bridgehead atoms. The van der Waals surface area contributed by atoms with Crippen LogP contribution in [0.2, 0.25) is 0 Å². The van der Waals surface area contributed by atoms with Gasteiger partial charge in [-0.2, -0.15) is 0 Å². The third kappa shape index (κ3) is 3.80. The van der Waals surface area contributed by atoms with Crippen LogP contribution in [-0.4, -0.2) is 78.8 Å². The molecular formula is C21H22O11. The molecule has 32 heavy (non-hydrogen) atoms. The number of ketones is 1. The number of carbonyl (C=O) groups is 1. The third-order valence-electron chi connectivity index (χ3n) is 5.45. The van der Waals surface area contributed by atoms with Crippen molar-refractivity contribution in [2.75, 3.05) is 6.61 Å². The summed E-state index contributed by atoms with van der Waals surface area (Å²) in [7, 11) is 0. The standard InChI is InChI=1S/C21H22O11/c22-7-14-16(27)17(28)18(29)21(31-14)32-19-12(26)5-10(24)15-11(25)6-13(30-20(15)19)8-1-3-9(23)4-2-8/h1-5,13-14,16-18,21-24,26-29H,6-7H2/t13?,14?,16-,17+,18?,21+/m1/s1. The van der Waals surface area contributed by atoms with E-state index in [1.165, 1.54) is 12.1 Å². The van der Waals surface area contributed by atoms with Crippen LogP contribution in [0.5, 0.6) is 28.7 Å². The number of ether oxygens (including phenoxy) is 3. The summed E-state index contributed by atoms with van der Waals surface area (Å²) in [5.74, 6) is -2.45. The Morgan fingerprint density at radius 1 is 0.969 bits per heavy atom. The van der Waals surface area contributed by atoms with Crippen molar-refractivity contribution in [2.45, 2.75) is 43.2 Å². The summed E-state index contributed by atoms with van der Waals surface area (Å²) < 4.78 is 16.7. The molecule has 0 spiro atoms. The number of aliphatic hydroxyl groups is 4. The molecule has 11 heteroatoms. The van der Waals surface area contributed by atoms with Gasteiger partial charge in [0, 0.05) is 6.07 Å². The van der Waals surface area contributed by atoms with Crippen molar-refractivity contribution in [3.05, 3.63) is 41.5 Å². The van der Waals surface area contributed by atoms with E-state index in [0.29, 0.717) is 5.56 Å². The maximum atomic E-state index is 12.8. The van der Waals surface area contributed by atoms with E-state index in [9.17, 15) is 40.5 Å². The summed E-state index contributed by atoms with van der Waals surface area (Å²) >= 11 is 0. The molecule has 1 saturated heterocycles. The second-order valence-electron chi connectivity index (χ2n) is 7.59. The second kappa shape index (κ2) is 8.45. The average molecular weight is 450 g/mol. The van der Waals surface area contributed by atoms with Gasteiger partial charge >= 0.3 is 0 Å². The minimum absolute atomic E-state index is 0.0122. The van der Waals surface area contributed by atoms with E-state index in [4.69, 9.17) is 14.2 Å². The minimum atomic E-state index is -1.77. The van der Waals surface area contributed by atoms with Crippen molar-refractivity contribution < 1.29 is 54.8 Å². The minimum Gasteiger partial charge on any atom is -0.508 e. The van der Waals surface area contributed by atoms with Crippen LogP contribution in [0, 0.1) is 0 Å². The van der Waals surface area contributed by atoms with Crippen LogP contribution in [0.1, 0.15) is 28.4 Å². The molecule has 0 amide bonds. The summed E-state index contributed by atoms with van der Waals surface area (Å²) in [5, 5.41) is 69.5. The van der Waals surface area contributed by atoms with Gasteiger partial charge in [0.1, 0.15) is 47.6 Å². The van der Waals surface area contributed by atoms with E-state index in [-0.39, 0.29) is 23.5 Å². The number of phenols is 3. The molecule has 2 aromatic carbocycles. The van der Waals surface area contributed by atoms with E-state index >= 15 is 0 Å². The average Bonchev–Trinajstić information content (AvgIpc) is 2.76. The normalized spacial score (nSPS) is 29.8. The number of hydrogen-bond donors (Lipinski definition) is 7. The van der Waals surface area contributed by atoms with Crippen LogP contribution in [0.15, 0.2) is 30.3 Å². The van der Waals surface area contributed by atoms with Gasteiger partial charge < -0.3 is 50.0 Å².